The average Bonchev–Trinajstić information content (AvgIpc) is 3.02. The summed E-state index contributed by atoms with van der Waals surface area (Å²) in [6.07, 6.45) is 2.53. The number of hydrogen-bond acceptors (Lipinski definition) is 6. The molecule has 0 aromatic heterocycles. The summed E-state index contributed by atoms with van der Waals surface area (Å²) in [6.45, 7) is 7.50. The van der Waals surface area contributed by atoms with Crippen LogP contribution in [0.4, 0.5) is 0 Å². The summed E-state index contributed by atoms with van der Waals surface area (Å²) < 4.78 is 11.1. The first kappa shape index (κ1) is 24.2. The summed E-state index contributed by atoms with van der Waals surface area (Å²) in [4.78, 5) is 27.2. The number of benzene rings is 2. The van der Waals surface area contributed by atoms with Gasteiger partial charge in [-0.25, -0.2) is 4.79 Å². The Morgan fingerprint density at radius 1 is 1.09 bits per heavy atom. The Hall–Kier alpha value is -2.48. The van der Waals surface area contributed by atoms with Crippen molar-refractivity contribution in [3.8, 4) is 5.75 Å². The zero-order chi connectivity index (χ0) is 23.3. The normalized spacial score (nSPS) is 15.5. The van der Waals surface area contributed by atoms with Crippen LogP contribution in [0.2, 0.25) is 0 Å². The minimum absolute atomic E-state index is 0.0243. The third kappa shape index (κ3) is 6.06. The molecule has 0 radical (unpaired) electrons. The number of nitrogens with zero attached hydrogens (tertiary/aromatic N) is 1. The highest BCUT2D eigenvalue weighted by Crippen LogP contribution is 2.33. The Kier molecular flexibility index (Phi) is 7.87. The van der Waals surface area contributed by atoms with Crippen molar-refractivity contribution in [1.82, 2.24) is 4.90 Å². The predicted molar refractivity (Wildman–Crippen MR) is 133 cm³/mol. The summed E-state index contributed by atoms with van der Waals surface area (Å²) in [5, 5.41) is 0. The molecule has 0 atom stereocenters. The molecule has 1 aliphatic rings. The van der Waals surface area contributed by atoms with Crippen molar-refractivity contribution in [2.45, 2.75) is 32.6 Å². The fraction of sp³-hybridized carbons (Fsp3) is 0.320. The summed E-state index contributed by atoms with van der Waals surface area (Å²) in [5.74, 6) is -0.0559. The van der Waals surface area contributed by atoms with Crippen LogP contribution in [-0.2, 0) is 14.9 Å². The van der Waals surface area contributed by atoms with Gasteiger partial charge in [-0.3, -0.25) is 9.69 Å². The lowest BCUT2D eigenvalue weighted by molar-refractivity contribution is -0.122. The quantitative estimate of drug-likeness (QED) is 0.177. The Morgan fingerprint density at radius 3 is 2.34 bits per heavy atom. The van der Waals surface area contributed by atoms with E-state index in [0.29, 0.717) is 33.7 Å². The van der Waals surface area contributed by atoms with E-state index >= 15 is 0 Å². The zero-order valence-electron chi connectivity index (χ0n) is 18.7. The molecule has 1 fully saturated rings. The summed E-state index contributed by atoms with van der Waals surface area (Å²) >= 11 is 6.62. The summed E-state index contributed by atoms with van der Waals surface area (Å²) in [7, 11) is 1.63. The zero-order valence-corrected chi connectivity index (χ0v) is 20.3. The first-order valence-electron chi connectivity index (χ1n) is 10.4. The van der Waals surface area contributed by atoms with Crippen molar-refractivity contribution in [1.29, 1.82) is 0 Å². The molecule has 32 heavy (non-hydrogen) atoms. The monoisotopic (exact) mass is 469 g/mol. The Labute approximate surface area is 198 Å². The molecule has 168 valence electrons. The number of esters is 1. The molecule has 0 saturated carbocycles. The molecule has 2 aromatic rings. The lowest BCUT2D eigenvalue weighted by Gasteiger charge is -2.18. The number of methoxy groups -OCH3 is 1. The van der Waals surface area contributed by atoms with E-state index in [1.807, 2.05) is 24.3 Å². The van der Waals surface area contributed by atoms with Gasteiger partial charge < -0.3 is 9.47 Å². The van der Waals surface area contributed by atoms with E-state index in [0.717, 1.165) is 17.5 Å². The topological polar surface area (TPSA) is 55.8 Å². The average molecular weight is 470 g/mol. The van der Waals surface area contributed by atoms with Crippen molar-refractivity contribution in [3.05, 3.63) is 70.1 Å². The van der Waals surface area contributed by atoms with E-state index in [2.05, 4.69) is 20.8 Å². The maximum Gasteiger partial charge on any atom is 0.343 e. The number of thioether (sulfide) groups is 1. The van der Waals surface area contributed by atoms with Gasteiger partial charge in [0.05, 0.1) is 10.5 Å². The van der Waals surface area contributed by atoms with Crippen LogP contribution in [0.3, 0.4) is 0 Å². The number of carbonyl (C=O) groups is 2. The van der Waals surface area contributed by atoms with E-state index in [4.69, 9.17) is 21.7 Å². The molecule has 2 aromatic carbocycles. The van der Waals surface area contributed by atoms with Crippen molar-refractivity contribution in [3.63, 3.8) is 0 Å². The van der Waals surface area contributed by atoms with Gasteiger partial charge in [0.2, 0.25) is 0 Å². The lowest BCUT2D eigenvalue weighted by atomic mass is 9.87. The van der Waals surface area contributed by atoms with Gasteiger partial charge in [-0.05, 0) is 53.3 Å². The van der Waals surface area contributed by atoms with Gasteiger partial charge in [0, 0.05) is 20.3 Å². The van der Waals surface area contributed by atoms with Gasteiger partial charge >= 0.3 is 5.97 Å². The van der Waals surface area contributed by atoms with Gasteiger partial charge in [0.25, 0.3) is 5.91 Å². The van der Waals surface area contributed by atoms with Crippen LogP contribution in [-0.4, -0.2) is 41.4 Å². The third-order valence-electron chi connectivity index (χ3n) is 4.98. The van der Waals surface area contributed by atoms with Crippen LogP contribution >= 0.6 is 24.0 Å². The van der Waals surface area contributed by atoms with E-state index in [9.17, 15) is 9.59 Å². The Morgan fingerprint density at radius 2 is 1.75 bits per heavy atom. The molecule has 0 aliphatic carbocycles. The first-order chi connectivity index (χ1) is 15.2. The number of ether oxygens (including phenoxy) is 2. The fourth-order valence-corrected chi connectivity index (χ4v) is 4.42. The second-order valence-electron chi connectivity index (χ2n) is 8.47. The molecule has 0 N–H and O–H groups in total. The van der Waals surface area contributed by atoms with E-state index in [1.54, 1.807) is 42.4 Å². The van der Waals surface area contributed by atoms with Crippen LogP contribution in [0.15, 0.2) is 53.4 Å². The molecule has 1 aliphatic heterocycles. The molecule has 0 spiro atoms. The molecule has 5 nitrogen and oxygen atoms in total. The highest BCUT2D eigenvalue weighted by molar-refractivity contribution is 8.26. The van der Waals surface area contributed by atoms with Crippen LogP contribution in [0.5, 0.6) is 5.75 Å². The van der Waals surface area contributed by atoms with E-state index in [-0.39, 0.29) is 11.3 Å². The molecule has 1 heterocycles. The van der Waals surface area contributed by atoms with Crippen LogP contribution in [0.1, 0.15) is 48.7 Å². The maximum atomic E-state index is 12.6. The van der Waals surface area contributed by atoms with Gasteiger partial charge in [-0.2, -0.15) is 0 Å². The van der Waals surface area contributed by atoms with Crippen LogP contribution in [0, 0.1) is 0 Å². The number of thiocarbonyl (C=S) groups is 1. The number of rotatable bonds is 7. The Bertz CT molecular complexity index is 1020. The number of hydrogen-bond donors (Lipinski definition) is 0. The summed E-state index contributed by atoms with van der Waals surface area (Å²) in [6, 6.07) is 14.5. The highest BCUT2D eigenvalue weighted by Gasteiger charge is 2.31. The van der Waals surface area contributed by atoms with Gasteiger partial charge in [-0.15, -0.1) is 0 Å². The molecular weight excluding hydrogens is 442 g/mol. The number of carbonyl (C=O) groups excluding carboxylic acids is 2. The molecule has 1 amide bonds. The lowest BCUT2D eigenvalue weighted by Crippen LogP contribution is -2.29. The molecule has 7 heteroatoms. The molecule has 0 unspecified atom stereocenters. The highest BCUT2D eigenvalue weighted by atomic mass is 32.2. The van der Waals surface area contributed by atoms with Crippen molar-refractivity contribution < 1.29 is 19.1 Å². The standard InChI is InChI=1S/C25H27NO4S2/c1-25(2,3)19-10-8-18(9-11-19)23(28)30-20-12-6-17(7-13-20)16-21-22(27)26(24(31)32-21)14-5-15-29-4/h6-13,16H,5,14-15H2,1-4H3/b21-16-. The van der Waals surface area contributed by atoms with Gasteiger partial charge in [0.15, 0.2) is 0 Å². The van der Waals surface area contributed by atoms with E-state index < -0.39 is 5.97 Å². The van der Waals surface area contributed by atoms with Gasteiger partial charge in [-0.1, -0.05) is 69.0 Å². The van der Waals surface area contributed by atoms with E-state index in [1.165, 1.54) is 11.8 Å². The van der Waals surface area contributed by atoms with Crippen molar-refractivity contribution in [2.24, 2.45) is 0 Å². The SMILES string of the molecule is COCCCN1C(=O)/C(=C/c2ccc(OC(=O)c3ccc(C(C)(C)C)cc3)cc2)SC1=S. The minimum Gasteiger partial charge on any atom is -0.423 e. The molecular formula is C25H27NO4S2. The van der Waals surface area contributed by atoms with Crippen LogP contribution in [0.25, 0.3) is 6.08 Å². The Balaban J connectivity index is 1.63. The van der Waals surface area contributed by atoms with Gasteiger partial charge in [0.1, 0.15) is 10.1 Å². The first-order valence-corrected chi connectivity index (χ1v) is 11.6. The smallest absolute Gasteiger partial charge is 0.343 e. The predicted octanol–water partition coefficient (Wildman–Crippen LogP) is 5.44. The maximum absolute atomic E-state index is 12.6. The second-order valence-corrected chi connectivity index (χ2v) is 10.1. The minimum atomic E-state index is -0.407. The molecule has 3 rings (SSSR count). The molecule has 1 saturated heterocycles. The third-order valence-corrected chi connectivity index (χ3v) is 6.36. The second kappa shape index (κ2) is 10.4. The largest absolute Gasteiger partial charge is 0.423 e. The molecule has 0 bridgehead atoms. The van der Waals surface area contributed by atoms with Crippen molar-refractivity contribution >= 4 is 46.3 Å². The number of amides is 1. The summed E-state index contributed by atoms with van der Waals surface area (Å²) in [5.41, 5.74) is 2.51. The van der Waals surface area contributed by atoms with Crippen LogP contribution < -0.4 is 4.74 Å². The fourth-order valence-electron chi connectivity index (χ4n) is 3.12. The van der Waals surface area contributed by atoms with Crippen molar-refractivity contribution in [2.75, 3.05) is 20.3 Å².